The Hall–Kier alpha value is -5.74. The highest BCUT2D eigenvalue weighted by atomic mass is 16.3. The molecule has 1 unspecified atom stereocenters. The Morgan fingerprint density at radius 2 is 1.73 bits per heavy atom. The van der Waals surface area contributed by atoms with Crippen LogP contribution >= 0.6 is 0 Å². The van der Waals surface area contributed by atoms with Gasteiger partial charge in [-0.25, -0.2) is 9.97 Å². The van der Waals surface area contributed by atoms with Crippen molar-refractivity contribution in [2.45, 2.75) is 76.1 Å². The molecule has 3 aromatic rings. The monoisotopic (exact) mass is 765 g/mol. The highest BCUT2D eigenvalue weighted by Crippen LogP contribution is 2.32. The largest absolute Gasteiger partial charge is 0.390 e. The summed E-state index contributed by atoms with van der Waals surface area (Å²) in [6, 6.07) is 13.9. The summed E-state index contributed by atoms with van der Waals surface area (Å²) >= 11 is 0. The summed E-state index contributed by atoms with van der Waals surface area (Å²) in [6.45, 7) is 3.83. The fourth-order valence-electron chi connectivity index (χ4n) is 7.71. The molecule has 0 aliphatic carbocycles. The van der Waals surface area contributed by atoms with Gasteiger partial charge in [-0.2, -0.15) is 0 Å². The zero-order valence-corrected chi connectivity index (χ0v) is 31.2. The number of unbranched alkanes of at least 4 members (excludes halogenated alkanes) is 3. The van der Waals surface area contributed by atoms with Gasteiger partial charge in [-0.05, 0) is 48.9 Å². The highest BCUT2D eigenvalue weighted by Gasteiger charge is 2.45. The zero-order valence-electron chi connectivity index (χ0n) is 31.2. The Kier molecular flexibility index (Phi) is 12.0. The number of fused-ring (bicyclic) bond motifs is 2. The van der Waals surface area contributed by atoms with Crippen molar-refractivity contribution in [1.82, 2.24) is 35.3 Å². The number of carbonyl (C=O) groups excluding carboxylic acids is 6. The second-order valence-electron chi connectivity index (χ2n) is 14.8. The first-order valence-corrected chi connectivity index (χ1v) is 19.3. The Bertz CT molecular complexity index is 2000. The zero-order chi connectivity index (χ0) is 39.2. The first kappa shape index (κ1) is 38.5. The van der Waals surface area contributed by atoms with E-state index in [1.807, 2.05) is 12.1 Å². The van der Waals surface area contributed by atoms with Crippen molar-refractivity contribution < 1.29 is 33.9 Å². The number of likely N-dealkylation sites (tertiary alicyclic amines) is 1. The normalized spacial score (nSPS) is 18.8. The number of aliphatic hydroxyl groups excluding tert-OH is 1. The molecule has 0 saturated carbocycles. The summed E-state index contributed by atoms with van der Waals surface area (Å²) in [6.07, 6.45) is 5.40. The van der Waals surface area contributed by atoms with E-state index in [4.69, 9.17) is 0 Å². The Labute approximate surface area is 324 Å². The first-order valence-electron chi connectivity index (χ1n) is 19.3. The molecule has 2 atom stereocenters. The number of amides is 6. The van der Waals surface area contributed by atoms with E-state index in [9.17, 15) is 33.9 Å². The number of hydrogen-bond acceptors (Lipinski definition) is 12. The molecule has 16 heteroatoms. The summed E-state index contributed by atoms with van der Waals surface area (Å²) in [5, 5.41) is 22.1. The van der Waals surface area contributed by atoms with Crippen LogP contribution in [0.5, 0.6) is 0 Å². The van der Waals surface area contributed by atoms with E-state index in [0.717, 1.165) is 50.1 Å². The lowest BCUT2D eigenvalue weighted by molar-refractivity contribution is -0.136. The number of aromatic nitrogens is 2. The van der Waals surface area contributed by atoms with Crippen molar-refractivity contribution in [1.29, 1.82) is 0 Å². The molecule has 6 amide bonds. The van der Waals surface area contributed by atoms with Crippen LogP contribution < -0.4 is 21.3 Å². The quantitative estimate of drug-likeness (QED) is 0.104. The van der Waals surface area contributed by atoms with Crippen molar-refractivity contribution in [3.8, 4) is 0 Å². The van der Waals surface area contributed by atoms with Gasteiger partial charge < -0.3 is 26.0 Å². The molecule has 4 aliphatic heterocycles. The number of benzene rings is 2. The van der Waals surface area contributed by atoms with E-state index in [0.29, 0.717) is 44.1 Å². The van der Waals surface area contributed by atoms with Crippen molar-refractivity contribution in [3.05, 3.63) is 82.8 Å². The third kappa shape index (κ3) is 8.87. The van der Waals surface area contributed by atoms with Crippen LogP contribution in [0.4, 0.5) is 11.5 Å². The number of rotatable bonds is 16. The van der Waals surface area contributed by atoms with E-state index in [-0.39, 0.29) is 48.2 Å². The topological polar surface area (TPSA) is 206 Å². The lowest BCUT2D eigenvalue weighted by atomic mass is 10.00. The predicted molar refractivity (Wildman–Crippen MR) is 204 cm³/mol. The van der Waals surface area contributed by atoms with Gasteiger partial charge in [-0.1, -0.05) is 43.2 Å². The summed E-state index contributed by atoms with van der Waals surface area (Å²) in [4.78, 5) is 89.1. The molecule has 0 bridgehead atoms. The Morgan fingerprint density at radius 3 is 2.55 bits per heavy atom. The minimum absolute atomic E-state index is 0.00467. The summed E-state index contributed by atoms with van der Waals surface area (Å²) < 4.78 is 0. The average molecular weight is 766 g/mol. The number of imide groups is 2. The fourth-order valence-corrected chi connectivity index (χ4v) is 7.71. The van der Waals surface area contributed by atoms with Gasteiger partial charge in [0.2, 0.25) is 17.7 Å². The maximum atomic E-state index is 13.3. The molecule has 0 spiro atoms. The number of piperidine rings is 1. The maximum absolute atomic E-state index is 13.3. The molecule has 56 heavy (non-hydrogen) atoms. The van der Waals surface area contributed by atoms with Crippen molar-refractivity contribution in [2.24, 2.45) is 0 Å². The van der Waals surface area contributed by atoms with Gasteiger partial charge in [0.05, 0.1) is 23.3 Å². The van der Waals surface area contributed by atoms with Gasteiger partial charge in [0.15, 0.2) is 0 Å². The number of nitrogens with zero attached hydrogens (tertiary/aromatic N) is 5. The van der Waals surface area contributed by atoms with E-state index in [1.54, 1.807) is 29.2 Å². The van der Waals surface area contributed by atoms with Crippen LogP contribution in [0.2, 0.25) is 0 Å². The van der Waals surface area contributed by atoms with Gasteiger partial charge >= 0.3 is 0 Å². The lowest BCUT2D eigenvalue weighted by Crippen LogP contribution is -2.57. The summed E-state index contributed by atoms with van der Waals surface area (Å²) in [5.74, 6) is -1.96. The van der Waals surface area contributed by atoms with E-state index in [2.05, 4.69) is 48.3 Å². The number of anilines is 2. The Morgan fingerprint density at radius 1 is 0.929 bits per heavy atom. The molecular weight excluding hydrogens is 718 g/mol. The third-order valence-electron chi connectivity index (χ3n) is 10.8. The number of aliphatic hydroxyl groups is 1. The standard InChI is InChI=1S/C40H47N9O7/c50-28(23-47-17-15-25-8-4-5-9-26(25)20-47)19-42-37(53)31-18-33(44-24-43-31)45-27-21-48(22-27)35(52)12-3-1-2-6-16-41-30-11-7-10-29-36(30)40(56)49(39(29)55)32-13-14-34(51)46-38(32)54/h4-5,7-11,18,24,27-28,32,41,50H,1-3,6,12-17,19-23H2,(H,42,53)(H,43,44,45)(H,46,51,54)/t28-,32?/m0/s1. The van der Waals surface area contributed by atoms with Gasteiger partial charge in [0, 0.05) is 70.4 Å². The number of hydrogen-bond donors (Lipinski definition) is 5. The maximum Gasteiger partial charge on any atom is 0.270 e. The van der Waals surface area contributed by atoms with Crippen molar-refractivity contribution >= 4 is 46.9 Å². The third-order valence-corrected chi connectivity index (χ3v) is 10.8. The molecule has 16 nitrogen and oxygen atoms in total. The molecule has 2 saturated heterocycles. The second-order valence-corrected chi connectivity index (χ2v) is 14.8. The van der Waals surface area contributed by atoms with E-state index >= 15 is 0 Å². The van der Waals surface area contributed by atoms with Crippen LogP contribution in [-0.4, -0.2) is 123 Å². The van der Waals surface area contributed by atoms with Crippen LogP contribution in [0.1, 0.15) is 87.3 Å². The highest BCUT2D eigenvalue weighted by molar-refractivity contribution is 6.25. The minimum atomic E-state index is -1.01. The number of β-amino-alcohol motifs (C(OH)–C–C–N with tert-alkyl or cyclic N) is 1. The van der Waals surface area contributed by atoms with Crippen LogP contribution in [0.15, 0.2) is 54.9 Å². The molecule has 4 aliphatic rings. The van der Waals surface area contributed by atoms with Crippen molar-refractivity contribution in [2.75, 3.05) is 49.9 Å². The molecular formula is C40H47N9O7. The number of carbonyl (C=O) groups is 6. The van der Waals surface area contributed by atoms with E-state index in [1.165, 1.54) is 17.5 Å². The minimum Gasteiger partial charge on any atom is -0.390 e. The molecule has 5 N–H and O–H groups in total. The van der Waals surface area contributed by atoms with Gasteiger partial charge in [0.1, 0.15) is 23.9 Å². The Balaban J connectivity index is 0.762. The van der Waals surface area contributed by atoms with Crippen LogP contribution in [0.25, 0.3) is 0 Å². The molecule has 1 aromatic heterocycles. The number of nitrogens with one attached hydrogen (secondary N) is 4. The first-order chi connectivity index (χ1) is 27.1. The van der Waals surface area contributed by atoms with Crippen molar-refractivity contribution in [3.63, 3.8) is 0 Å². The van der Waals surface area contributed by atoms with Crippen LogP contribution in [-0.2, 0) is 27.3 Å². The van der Waals surface area contributed by atoms with Crippen LogP contribution in [0.3, 0.4) is 0 Å². The van der Waals surface area contributed by atoms with Gasteiger partial charge in [-0.15, -0.1) is 0 Å². The molecule has 0 radical (unpaired) electrons. The smallest absolute Gasteiger partial charge is 0.270 e. The van der Waals surface area contributed by atoms with Gasteiger partial charge in [-0.3, -0.25) is 43.9 Å². The molecule has 2 aromatic carbocycles. The molecule has 7 rings (SSSR count). The van der Waals surface area contributed by atoms with Gasteiger partial charge in [0.25, 0.3) is 17.7 Å². The van der Waals surface area contributed by atoms with E-state index < -0.39 is 41.7 Å². The predicted octanol–water partition coefficient (Wildman–Crippen LogP) is 1.71. The lowest BCUT2D eigenvalue weighted by Gasteiger charge is -2.40. The molecule has 5 heterocycles. The molecule has 294 valence electrons. The fraction of sp³-hybridized carbons (Fsp3) is 0.450. The molecule has 2 fully saturated rings. The summed E-state index contributed by atoms with van der Waals surface area (Å²) in [7, 11) is 0. The SMILES string of the molecule is O=C1CCC(N2C(=O)c3cccc(NCCCCCCC(=O)N4CC(Nc5cc(C(=O)NC[C@H](O)CN6CCc7ccccc7C6)ncn5)C4)c3C2=O)C(=O)N1. The second kappa shape index (κ2) is 17.4. The van der Waals surface area contributed by atoms with Crippen LogP contribution in [0, 0.1) is 0 Å². The summed E-state index contributed by atoms with van der Waals surface area (Å²) in [5.41, 5.74) is 3.81. The average Bonchev–Trinajstić information content (AvgIpc) is 3.43.